The topological polar surface area (TPSA) is 46.9 Å². The van der Waals surface area contributed by atoms with Gasteiger partial charge in [-0.3, -0.25) is 0 Å². The Morgan fingerprint density at radius 1 is 1.18 bits per heavy atom. The van der Waals surface area contributed by atoms with E-state index in [-0.39, 0.29) is 0 Å². The molecule has 0 radical (unpaired) electrons. The van der Waals surface area contributed by atoms with Crippen LogP contribution in [0.5, 0.6) is 0 Å². The molecule has 0 atom stereocenters. The minimum atomic E-state index is -1.40. The Labute approximate surface area is 102 Å². The molecule has 0 aliphatic carbocycles. The van der Waals surface area contributed by atoms with Crippen molar-refractivity contribution in [3.05, 3.63) is 29.8 Å². The summed E-state index contributed by atoms with van der Waals surface area (Å²) in [6.45, 7) is 2.64. The summed E-state index contributed by atoms with van der Waals surface area (Å²) in [5.74, 6) is 0. The second-order valence-corrected chi connectivity index (χ2v) is 4.18. The van der Waals surface area contributed by atoms with Crippen LogP contribution in [0.1, 0.15) is 5.56 Å². The van der Waals surface area contributed by atoms with Gasteiger partial charge in [0.1, 0.15) is 0 Å². The summed E-state index contributed by atoms with van der Waals surface area (Å²) >= 11 is 0. The van der Waals surface area contributed by atoms with Crippen LogP contribution in [0.25, 0.3) is 0 Å². The lowest BCUT2D eigenvalue weighted by Gasteiger charge is -2.24. The molecule has 88 valence electrons. The first-order valence-electron chi connectivity index (χ1n) is 5.57. The van der Waals surface area contributed by atoms with Crippen molar-refractivity contribution in [3.8, 4) is 12.1 Å². The molecule has 17 heavy (non-hydrogen) atoms. The summed E-state index contributed by atoms with van der Waals surface area (Å²) < 4.78 is 0. The maximum absolute atomic E-state index is 8.98. The van der Waals surface area contributed by atoms with Crippen LogP contribution in [-0.2, 0) is 6.54 Å². The quantitative estimate of drug-likeness (QED) is 0.518. The highest BCUT2D eigenvalue weighted by Crippen LogP contribution is 2.04. The monoisotopic (exact) mass is 230 g/mol. The van der Waals surface area contributed by atoms with Crippen molar-refractivity contribution >= 4 is 12.6 Å². The maximum Gasteiger partial charge on any atom is 0.488 e. The van der Waals surface area contributed by atoms with Crippen LogP contribution in [0, 0.1) is 12.1 Å². The van der Waals surface area contributed by atoms with Crippen molar-refractivity contribution in [2.24, 2.45) is 0 Å². The van der Waals surface area contributed by atoms with Crippen LogP contribution in [0.2, 0.25) is 0 Å². The van der Waals surface area contributed by atoms with Crippen molar-refractivity contribution in [3.63, 3.8) is 0 Å². The smallest absolute Gasteiger partial charge is 0.423 e. The fraction of sp³-hybridized carbons (Fsp3) is 0.333. The summed E-state index contributed by atoms with van der Waals surface area (Å²) in [7, 11) is 0.578. The normalized spacial score (nSPS) is 14.3. The van der Waals surface area contributed by atoms with Crippen molar-refractivity contribution in [1.82, 2.24) is 9.80 Å². The van der Waals surface area contributed by atoms with Gasteiger partial charge in [0.2, 0.25) is 0 Å². The molecule has 2 N–H and O–H groups in total. The minimum absolute atomic E-state index is 0.512. The molecule has 0 saturated carbocycles. The van der Waals surface area contributed by atoms with Gasteiger partial charge >= 0.3 is 7.12 Å². The highest BCUT2D eigenvalue weighted by atomic mass is 16.4. The molecular weight excluding hydrogens is 215 g/mol. The third-order valence-corrected chi connectivity index (χ3v) is 2.76. The molecule has 0 saturated heterocycles. The number of likely N-dealkylation sites (N-methyl/N-ethyl adjacent to an activating group) is 1. The summed E-state index contributed by atoms with van der Waals surface area (Å²) in [4.78, 5) is 4.03. The average molecular weight is 230 g/mol. The van der Waals surface area contributed by atoms with Gasteiger partial charge in [0.15, 0.2) is 0 Å². The molecule has 4 nitrogen and oxygen atoms in total. The second-order valence-electron chi connectivity index (χ2n) is 4.18. The van der Waals surface area contributed by atoms with Gasteiger partial charge in [-0.15, -0.1) is 0 Å². The average Bonchev–Trinajstić information content (AvgIpc) is 2.33. The van der Waals surface area contributed by atoms with Gasteiger partial charge in [-0.05, 0) is 11.0 Å². The van der Waals surface area contributed by atoms with E-state index in [9.17, 15) is 0 Å². The Hall–Kier alpha value is -1.64. The molecule has 2 rings (SSSR count). The predicted octanol–water partition coefficient (Wildman–Crippen LogP) is -0.968. The Bertz CT molecular complexity index is 436. The Morgan fingerprint density at radius 3 is 2.41 bits per heavy atom. The number of rotatable bonds is 3. The van der Waals surface area contributed by atoms with Crippen molar-refractivity contribution in [2.75, 3.05) is 20.1 Å². The number of benzene rings is 1. The molecule has 5 heteroatoms. The van der Waals surface area contributed by atoms with E-state index >= 15 is 0 Å². The largest absolute Gasteiger partial charge is 0.488 e. The van der Waals surface area contributed by atoms with Crippen LogP contribution >= 0.6 is 0 Å². The molecule has 1 heterocycles. The van der Waals surface area contributed by atoms with E-state index in [0.29, 0.717) is 5.46 Å². The Morgan fingerprint density at radius 2 is 1.88 bits per heavy atom. The predicted molar refractivity (Wildman–Crippen MR) is 67.1 cm³/mol. The van der Waals surface area contributed by atoms with E-state index in [4.69, 9.17) is 10.0 Å². The summed E-state index contributed by atoms with van der Waals surface area (Å²) in [6.07, 6.45) is 0. The zero-order valence-electron chi connectivity index (χ0n) is 9.80. The lowest BCUT2D eigenvalue weighted by molar-refractivity contribution is 0.317. The first-order valence-corrected chi connectivity index (χ1v) is 5.57. The summed E-state index contributed by atoms with van der Waals surface area (Å²) in [5.41, 5.74) is 1.63. The second kappa shape index (κ2) is 5.13. The molecule has 1 aliphatic heterocycles. The molecule has 0 spiro atoms. The lowest BCUT2D eigenvalue weighted by atomic mass is 9.80. The van der Waals surface area contributed by atoms with Crippen LogP contribution in [0.4, 0.5) is 0 Å². The third kappa shape index (κ3) is 3.16. The van der Waals surface area contributed by atoms with Crippen LogP contribution < -0.4 is 5.46 Å². The van der Waals surface area contributed by atoms with E-state index < -0.39 is 7.12 Å². The van der Waals surface area contributed by atoms with Crippen molar-refractivity contribution in [1.29, 1.82) is 0 Å². The van der Waals surface area contributed by atoms with Crippen molar-refractivity contribution in [2.45, 2.75) is 6.54 Å². The van der Waals surface area contributed by atoms with Crippen LogP contribution in [-0.4, -0.2) is 47.1 Å². The molecule has 0 aromatic heterocycles. The molecule has 0 bridgehead atoms. The molecule has 0 amide bonds. The molecule has 0 fully saturated rings. The van der Waals surface area contributed by atoms with E-state index in [1.807, 2.05) is 24.1 Å². The van der Waals surface area contributed by atoms with E-state index in [0.717, 1.165) is 25.2 Å². The molecule has 1 aliphatic rings. The lowest BCUT2D eigenvalue weighted by Crippen LogP contribution is -2.33. The van der Waals surface area contributed by atoms with Gasteiger partial charge < -0.3 is 19.8 Å². The zero-order chi connectivity index (χ0) is 12.3. The Kier molecular flexibility index (Phi) is 3.57. The zero-order valence-corrected chi connectivity index (χ0v) is 9.80. The van der Waals surface area contributed by atoms with E-state index in [1.54, 1.807) is 12.1 Å². The molecule has 1 aromatic carbocycles. The van der Waals surface area contributed by atoms with Crippen LogP contribution in [0.3, 0.4) is 0 Å². The van der Waals surface area contributed by atoms with Gasteiger partial charge in [0.05, 0.1) is 6.54 Å². The van der Waals surface area contributed by atoms with Gasteiger partial charge in [-0.1, -0.05) is 24.3 Å². The minimum Gasteiger partial charge on any atom is -0.423 e. The van der Waals surface area contributed by atoms with Gasteiger partial charge in [-0.25, -0.2) is 0 Å². The first kappa shape index (κ1) is 11.8. The van der Waals surface area contributed by atoms with Crippen LogP contribution in [0.15, 0.2) is 24.3 Å². The van der Waals surface area contributed by atoms with Gasteiger partial charge in [0.25, 0.3) is 0 Å². The summed E-state index contributed by atoms with van der Waals surface area (Å²) in [6, 6.07) is 13.3. The van der Waals surface area contributed by atoms with Gasteiger partial charge in [-0.2, -0.15) is 0 Å². The fourth-order valence-corrected chi connectivity index (χ4v) is 1.67. The molecular formula is C12H15BN2O2. The highest BCUT2D eigenvalue weighted by Gasteiger charge is 2.11. The SMILES string of the molecule is CN1C#CN(Cc2ccc(B(O)O)cc2)CC1. The molecule has 1 aromatic rings. The number of hydrogen-bond donors (Lipinski definition) is 2. The standard InChI is InChI=1S/C12H15BN2O2/c1-14-6-8-15(9-7-14)10-11-2-4-12(5-3-11)13(16)17/h2-5,16-17H,6,8,10H2,1H3. The summed E-state index contributed by atoms with van der Waals surface area (Å²) in [5, 5.41) is 18.0. The third-order valence-electron chi connectivity index (χ3n) is 2.76. The highest BCUT2D eigenvalue weighted by molar-refractivity contribution is 6.58. The maximum atomic E-state index is 8.98. The van der Waals surface area contributed by atoms with E-state index in [1.165, 1.54) is 0 Å². The number of hydrogen-bond acceptors (Lipinski definition) is 4. The molecule has 0 unspecified atom stereocenters. The first-order chi connectivity index (χ1) is 8.15. The van der Waals surface area contributed by atoms with Crippen molar-refractivity contribution < 1.29 is 10.0 Å². The fourth-order valence-electron chi connectivity index (χ4n) is 1.67. The number of nitrogens with zero attached hydrogens (tertiary/aromatic N) is 2. The van der Waals surface area contributed by atoms with Gasteiger partial charge in [0, 0.05) is 32.2 Å². The van der Waals surface area contributed by atoms with E-state index in [2.05, 4.69) is 17.0 Å². The Balaban J connectivity index is 2.00.